The molecule has 1 N–H and O–H groups in total. The van der Waals surface area contributed by atoms with Crippen LogP contribution in [-0.4, -0.2) is 26.6 Å². The molecule has 7 heteroatoms. The van der Waals surface area contributed by atoms with Crippen molar-refractivity contribution in [3.05, 3.63) is 59.5 Å². The number of benzene rings is 1. The molecular weight excluding hydrogens is 312 g/mol. The quantitative estimate of drug-likeness (QED) is 0.746. The first-order valence-corrected chi connectivity index (χ1v) is 7.61. The summed E-state index contributed by atoms with van der Waals surface area (Å²) in [6.07, 6.45) is 4.29. The minimum Gasteiger partial charge on any atom is -0.296 e. The number of nitrogens with one attached hydrogen (secondary N) is 1. The fourth-order valence-corrected chi connectivity index (χ4v) is 2.86. The van der Waals surface area contributed by atoms with Crippen LogP contribution in [0.3, 0.4) is 0 Å². The first-order chi connectivity index (χ1) is 11.1. The Bertz CT molecular complexity index is 847. The van der Waals surface area contributed by atoms with Crippen LogP contribution in [0.25, 0.3) is 11.3 Å². The molecule has 0 aliphatic carbocycles. The van der Waals surface area contributed by atoms with E-state index in [2.05, 4.69) is 20.3 Å². The maximum absolute atomic E-state index is 12.1. The molecule has 0 fully saturated rings. The van der Waals surface area contributed by atoms with E-state index < -0.39 is 5.91 Å². The number of nitrogens with zero attached hydrogens (tertiary/aromatic N) is 3. The monoisotopic (exact) mass is 324 g/mol. The van der Waals surface area contributed by atoms with E-state index in [1.54, 1.807) is 0 Å². The molecule has 3 aromatic rings. The summed E-state index contributed by atoms with van der Waals surface area (Å²) in [6, 6.07) is 9.37. The molecule has 0 aliphatic rings. The summed E-state index contributed by atoms with van der Waals surface area (Å²) in [5.74, 6) is -0.511. The van der Waals surface area contributed by atoms with Crippen molar-refractivity contribution in [2.24, 2.45) is 0 Å². The molecule has 0 unspecified atom stereocenters. The number of hydrogen-bond donors (Lipinski definition) is 1. The van der Waals surface area contributed by atoms with Crippen molar-refractivity contribution < 1.29 is 9.59 Å². The summed E-state index contributed by atoms with van der Waals surface area (Å²) < 4.78 is 0. The molecule has 2 aromatic heterocycles. The summed E-state index contributed by atoms with van der Waals surface area (Å²) in [5.41, 5.74) is 1.58. The topological polar surface area (TPSA) is 84.8 Å². The van der Waals surface area contributed by atoms with Crippen molar-refractivity contribution in [1.29, 1.82) is 0 Å². The molecule has 0 aliphatic heterocycles. The second-order valence-corrected chi connectivity index (χ2v) is 5.66. The van der Waals surface area contributed by atoms with Crippen LogP contribution >= 0.6 is 11.3 Å². The Labute approximate surface area is 136 Å². The van der Waals surface area contributed by atoms with Crippen molar-refractivity contribution in [3.8, 4) is 11.3 Å². The zero-order valence-corrected chi connectivity index (χ0v) is 13.0. The Morgan fingerprint density at radius 2 is 1.91 bits per heavy atom. The van der Waals surface area contributed by atoms with Crippen LogP contribution < -0.4 is 5.32 Å². The Hall–Kier alpha value is -2.93. The second-order valence-electron chi connectivity index (χ2n) is 4.66. The zero-order chi connectivity index (χ0) is 16.2. The molecule has 0 atom stereocenters. The number of Topliss-reactive ketones (excluding diaryl/α,β-unsaturated/α-hetero) is 1. The van der Waals surface area contributed by atoms with Gasteiger partial charge in [-0.3, -0.25) is 19.9 Å². The van der Waals surface area contributed by atoms with Gasteiger partial charge in [0.05, 0.1) is 16.8 Å². The van der Waals surface area contributed by atoms with Gasteiger partial charge < -0.3 is 0 Å². The van der Waals surface area contributed by atoms with E-state index >= 15 is 0 Å². The molecule has 114 valence electrons. The van der Waals surface area contributed by atoms with Crippen LogP contribution in [0.15, 0.2) is 48.9 Å². The molecule has 3 rings (SSSR count). The van der Waals surface area contributed by atoms with Crippen molar-refractivity contribution in [3.63, 3.8) is 0 Å². The Morgan fingerprint density at radius 3 is 2.57 bits per heavy atom. The Kier molecular flexibility index (Phi) is 4.20. The van der Waals surface area contributed by atoms with Crippen LogP contribution in [0.1, 0.15) is 27.1 Å². The molecule has 1 amide bonds. The number of anilines is 1. The largest absolute Gasteiger partial charge is 0.296 e. The van der Waals surface area contributed by atoms with Gasteiger partial charge in [-0.05, 0) is 0 Å². The molecule has 2 heterocycles. The average Bonchev–Trinajstić information content (AvgIpc) is 3.00. The molecule has 23 heavy (non-hydrogen) atoms. The molecule has 1 aromatic carbocycles. The van der Waals surface area contributed by atoms with Gasteiger partial charge in [0.2, 0.25) is 0 Å². The number of aromatic nitrogens is 3. The van der Waals surface area contributed by atoms with E-state index in [1.807, 2.05) is 30.3 Å². The molecule has 6 nitrogen and oxygen atoms in total. The lowest BCUT2D eigenvalue weighted by Crippen LogP contribution is -2.13. The molecule has 0 radical (unpaired) electrons. The van der Waals surface area contributed by atoms with Gasteiger partial charge in [0.15, 0.2) is 10.9 Å². The van der Waals surface area contributed by atoms with Crippen molar-refractivity contribution in [2.45, 2.75) is 6.92 Å². The summed E-state index contributed by atoms with van der Waals surface area (Å²) in [5, 5.41) is 3.01. The molecule has 0 spiro atoms. The van der Waals surface area contributed by atoms with Gasteiger partial charge >= 0.3 is 0 Å². The molecular formula is C16H12N4O2S. The summed E-state index contributed by atoms with van der Waals surface area (Å²) in [7, 11) is 0. The first-order valence-electron chi connectivity index (χ1n) is 6.79. The number of thiazole rings is 1. The van der Waals surface area contributed by atoms with Crippen LogP contribution in [-0.2, 0) is 0 Å². The minimum atomic E-state index is -0.415. The predicted octanol–water partition coefficient (Wildman–Crippen LogP) is 3.06. The van der Waals surface area contributed by atoms with Gasteiger partial charge in [-0.15, -0.1) is 0 Å². The zero-order valence-electron chi connectivity index (χ0n) is 12.2. The highest BCUT2D eigenvalue weighted by molar-refractivity contribution is 7.18. The van der Waals surface area contributed by atoms with Crippen molar-refractivity contribution >= 4 is 28.2 Å². The number of ketones is 1. The number of rotatable bonds is 4. The van der Waals surface area contributed by atoms with E-state index in [-0.39, 0.29) is 11.5 Å². The van der Waals surface area contributed by atoms with E-state index in [4.69, 9.17) is 0 Å². The first kappa shape index (κ1) is 15.0. The highest BCUT2D eigenvalue weighted by Gasteiger charge is 2.18. The van der Waals surface area contributed by atoms with E-state index in [0.29, 0.717) is 15.7 Å². The second kappa shape index (κ2) is 6.45. The van der Waals surface area contributed by atoms with Crippen LogP contribution in [0.2, 0.25) is 0 Å². The van der Waals surface area contributed by atoms with Gasteiger partial charge in [-0.25, -0.2) is 9.97 Å². The van der Waals surface area contributed by atoms with E-state index in [0.717, 1.165) is 16.9 Å². The normalized spacial score (nSPS) is 10.3. The van der Waals surface area contributed by atoms with Gasteiger partial charge in [-0.2, -0.15) is 0 Å². The van der Waals surface area contributed by atoms with Crippen molar-refractivity contribution in [2.75, 3.05) is 5.32 Å². The lowest BCUT2D eigenvalue weighted by atomic mass is 10.1. The highest BCUT2D eigenvalue weighted by Crippen LogP contribution is 2.31. The fourth-order valence-electron chi connectivity index (χ4n) is 1.98. The average molecular weight is 324 g/mol. The Balaban J connectivity index is 1.93. The van der Waals surface area contributed by atoms with Gasteiger partial charge in [-0.1, -0.05) is 41.7 Å². The third-order valence-electron chi connectivity index (χ3n) is 3.01. The minimum absolute atomic E-state index is 0.0960. The lowest BCUT2D eigenvalue weighted by Gasteiger charge is -1.99. The standard InChI is InChI=1S/C16H12N4O2S/c1-10(21)14-13(11-5-3-2-4-6-11)19-16(23-14)20-15(22)12-9-17-7-8-18-12/h2-9H,1H3,(H,19,20,22). The summed E-state index contributed by atoms with van der Waals surface area (Å²) in [4.78, 5) is 36.6. The maximum atomic E-state index is 12.1. The fraction of sp³-hybridized carbons (Fsp3) is 0.0625. The van der Waals surface area contributed by atoms with Gasteiger partial charge in [0.25, 0.3) is 5.91 Å². The van der Waals surface area contributed by atoms with Gasteiger partial charge in [0.1, 0.15) is 5.69 Å². The Morgan fingerprint density at radius 1 is 1.13 bits per heavy atom. The van der Waals surface area contributed by atoms with E-state index in [9.17, 15) is 9.59 Å². The molecule has 0 saturated heterocycles. The maximum Gasteiger partial charge on any atom is 0.277 e. The van der Waals surface area contributed by atoms with E-state index in [1.165, 1.54) is 25.5 Å². The van der Waals surface area contributed by atoms with Crippen LogP contribution in [0, 0.1) is 0 Å². The summed E-state index contributed by atoms with van der Waals surface area (Å²) >= 11 is 1.14. The third-order valence-corrected chi connectivity index (χ3v) is 4.08. The molecule has 0 saturated carbocycles. The van der Waals surface area contributed by atoms with Crippen LogP contribution in [0.4, 0.5) is 5.13 Å². The van der Waals surface area contributed by atoms with Crippen molar-refractivity contribution in [1.82, 2.24) is 15.0 Å². The van der Waals surface area contributed by atoms with Crippen LogP contribution in [0.5, 0.6) is 0 Å². The number of carbonyl (C=O) groups excluding carboxylic acids is 2. The SMILES string of the molecule is CC(=O)c1sc(NC(=O)c2cnccn2)nc1-c1ccccc1. The number of carbonyl (C=O) groups is 2. The number of hydrogen-bond acceptors (Lipinski definition) is 6. The highest BCUT2D eigenvalue weighted by atomic mass is 32.1. The van der Waals surface area contributed by atoms with Gasteiger partial charge in [0, 0.05) is 24.9 Å². The summed E-state index contributed by atoms with van der Waals surface area (Å²) in [6.45, 7) is 1.48. The lowest BCUT2D eigenvalue weighted by molar-refractivity contribution is 0.101. The predicted molar refractivity (Wildman–Crippen MR) is 87.5 cm³/mol. The smallest absolute Gasteiger partial charge is 0.277 e. The molecule has 0 bridgehead atoms. The number of amides is 1. The third kappa shape index (κ3) is 3.29.